The molecule has 2 aromatic carbocycles. The second-order valence-electron chi connectivity index (χ2n) is 12.3. The number of methoxy groups -OCH3 is 1. The molecule has 2 heterocycles. The fraction of sp³-hybridized carbons (Fsp3) is 0.471. The van der Waals surface area contributed by atoms with Crippen molar-refractivity contribution in [3.05, 3.63) is 86.3 Å². The Bertz CT molecular complexity index is 1770. The zero-order valence-corrected chi connectivity index (χ0v) is 30.4. The van der Waals surface area contributed by atoms with Crippen molar-refractivity contribution >= 4 is 39.2 Å². The summed E-state index contributed by atoms with van der Waals surface area (Å²) < 4.78 is 81.3. The van der Waals surface area contributed by atoms with Crippen LogP contribution in [0.1, 0.15) is 46.0 Å². The molecule has 1 aliphatic carbocycles. The first-order chi connectivity index (χ1) is 24.3. The number of sulfonamides is 1. The minimum Gasteiger partial charge on any atom is -0.619 e. The number of esters is 1. The van der Waals surface area contributed by atoms with Gasteiger partial charge in [-0.05, 0) is 54.2 Å². The van der Waals surface area contributed by atoms with Crippen molar-refractivity contribution in [1.82, 2.24) is 9.21 Å². The van der Waals surface area contributed by atoms with Gasteiger partial charge in [-0.25, -0.2) is 13.2 Å². The maximum absolute atomic E-state index is 14.0. The van der Waals surface area contributed by atoms with Crippen LogP contribution >= 0.6 is 23.2 Å². The van der Waals surface area contributed by atoms with Crippen LogP contribution < -0.4 is 18.9 Å². The topological polar surface area (TPSA) is 131 Å². The van der Waals surface area contributed by atoms with E-state index in [9.17, 15) is 27.2 Å². The van der Waals surface area contributed by atoms with Gasteiger partial charge < -0.3 is 28.9 Å². The van der Waals surface area contributed by atoms with Crippen LogP contribution in [0.5, 0.6) is 17.2 Å². The second-order valence-corrected chi connectivity index (χ2v) is 15.1. The molecule has 0 amide bonds. The van der Waals surface area contributed by atoms with E-state index in [1.165, 1.54) is 35.7 Å². The van der Waals surface area contributed by atoms with Gasteiger partial charge in [0, 0.05) is 44.7 Å². The van der Waals surface area contributed by atoms with Crippen LogP contribution in [-0.2, 0) is 32.5 Å². The highest BCUT2D eigenvalue weighted by Gasteiger charge is 2.28. The van der Waals surface area contributed by atoms with Crippen LogP contribution in [0.2, 0.25) is 10.0 Å². The number of carbonyl (C=O) groups excluding carboxylic acids is 1. The van der Waals surface area contributed by atoms with E-state index in [0.717, 1.165) is 31.5 Å². The normalized spacial score (nSPS) is 15.9. The molecule has 1 atom stereocenters. The molecule has 0 spiro atoms. The zero-order chi connectivity index (χ0) is 36.7. The van der Waals surface area contributed by atoms with Crippen molar-refractivity contribution in [3.63, 3.8) is 0 Å². The number of rotatable bonds is 17. The summed E-state index contributed by atoms with van der Waals surface area (Å²) in [6, 6.07) is 8.89. The van der Waals surface area contributed by atoms with Crippen LogP contribution in [0, 0.1) is 11.1 Å². The van der Waals surface area contributed by atoms with Gasteiger partial charge in [0.25, 0.3) is 0 Å². The summed E-state index contributed by atoms with van der Waals surface area (Å²) in [6.45, 7) is 0.446. The average molecular weight is 775 g/mol. The number of ether oxygens (including phenoxy) is 5. The van der Waals surface area contributed by atoms with Crippen LogP contribution in [0.25, 0.3) is 0 Å². The number of pyridine rings is 1. The Morgan fingerprint density at radius 2 is 1.76 bits per heavy atom. The minimum atomic E-state index is -3.63. The van der Waals surface area contributed by atoms with Crippen LogP contribution in [0.3, 0.4) is 0 Å². The molecule has 0 N–H and O–H groups in total. The highest BCUT2D eigenvalue weighted by molar-refractivity contribution is 7.88. The Labute approximate surface area is 305 Å². The first-order valence-corrected chi connectivity index (χ1v) is 18.8. The van der Waals surface area contributed by atoms with Crippen molar-refractivity contribution in [2.45, 2.75) is 38.5 Å². The van der Waals surface area contributed by atoms with E-state index >= 15 is 0 Å². The number of alkyl halides is 2. The molecule has 278 valence electrons. The summed E-state index contributed by atoms with van der Waals surface area (Å²) in [7, 11) is -2.25. The van der Waals surface area contributed by atoms with Gasteiger partial charge in [0.2, 0.25) is 10.0 Å². The van der Waals surface area contributed by atoms with Gasteiger partial charge in [0.05, 0.1) is 33.2 Å². The Kier molecular flexibility index (Phi) is 13.2. The fourth-order valence-corrected chi connectivity index (χ4v) is 6.91. The van der Waals surface area contributed by atoms with E-state index in [2.05, 4.69) is 9.64 Å². The smallest absolute Gasteiger partial charge is 0.387 e. The lowest BCUT2D eigenvalue weighted by molar-refractivity contribution is -0.605. The van der Waals surface area contributed by atoms with Gasteiger partial charge in [-0.1, -0.05) is 35.3 Å². The number of carbonyl (C=O) groups is 1. The summed E-state index contributed by atoms with van der Waals surface area (Å²) in [5.74, 6) is -0.547. The van der Waals surface area contributed by atoms with Crippen LogP contribution in [-0.4, -0.2) is 89.6 Å². The molecule has 2 aliphatic rings. The van der Waals surface area contributed by atoms with Crippen molar-refractivity contribution in [2.24, 2.45) is 5.92 Å². The van der Waals surface area contributed by atoms with Crippen molar-refractivity contribution in [3.8, 4) is 17.2 Å². The Balaban J connectivity index is 1.45. The van der Waals surface area contributed by atoms with Gasteiger partial charge in [0.15, 0.2) is 23.9 Å². The van der Waals surface area contributed by atoms with Crippen LogP contribution in [0.4, 0.5) is 8.78 Å². The molecule has 1 saturated carbocycles. The van der Waals surface area contributed by atoms with Gasteiger partial charge in [0.1, 0.15) is 27.5 Å². The Morgan fingerprint density at radius 3 is 2.39 bits per heavy atom. The summed E-state index contributed by atoms with van der Waals surface area (Å²) in [5, 5.41) is 12.0. The van der Waals surface area contributed by atoms with Gasteiger partial charge >= 0.3 is 12.6 Å². The number of morpholine rings is 1. The lowest BCUT2D eigenvalue weighted by atomic mass is 10.0. The molecule has 1 saturated heterocycles. The van der Waals surface area contributed by atoms with Gasteiger partial charge in [-0.3, -0.25) is 4.90 Å². The van der Waals surface area contributed by atoms with Crippen molar-refractivity contribution < 1.29 is 50.4 Å². The lowest BCUT2D eigenvalue weighted by Crippen LogP contribution is -2.42. The molecule has 51 heavy (non-hydrogen) atoms. The highest BCUT2D eigenvalue weighted by atomic mass is 35.5. The molecule has 0 radical (unpaired) electrons. The largest absolute Gasteiger partial charge is 0.619 e. The number of benzene rings is 2. The van der Waals surface area contributed by atoms with E-state index in [1.807, 2.05) is 0 Å². The maximum Gasteiger partial charge on any atom is 0.387 e. The van der Waals surface area contributed by atoms with Gasteiger partial charge in [-0.15, -0.1) is 0 Å². The summed E-state index contributed by atoms with van der Waals surface area (Å²) >= 11 is 12.8. The number of aromatic nitrogens is 1. The van der Waals surface area contributed by atoms with Gasteiger partial charge in [-0.2, -0.15) is 17.8 Å². The molecule has 1 aliphatic heterocycles. The number of halogens is 4. The summed E-state index contributed by atoms with van der Waals surface area (Å²) in [5.41, 5.74) is 1.14. The van der Waals surface area contributed by atoms with Crippen molar-refractivity contribution in [2.75, 3.05) is 59.4 Å². The predicted molar refractivity (Wildman–Crippen MR) is 184 cm³/mol. The predicted octanol–water partition coefficient (Wildman–Crippen LogP) is 5.26. The fourth-order valence-electron chi connectivity index (χ4n) is 5.51. The second kappa shape index (κ2) is 17.4. The molecule has 17 heteroatoms. The molecule has 12 nitrogen and oxygen atoms in total. The van der Waals surface area contributed by atoms with E-state index < -0.39 is 28.7 Å². The summed E-state index contributed by atoms with van der Waals surface area (Å²) in [4.78, 5) is 16.1. The Hall–Kier alpha value is -3.47. The molecular formula is C34H39Cl2F2N3O9S. The van der Waals surface area contributed by atoms with E-state index in [-0.39, 0.29) is 59.0 Å². The number of hydrogen-bond acceptors (Lipinski definition) is 10. The molecule has 1 aromatic heterocycles. The quantitative estimate of drug-likeness (QED) is 0.102. The molecule has 0 bridgehead atoms. The third-order valence-electron chi connectivity index (χ3n) is 8.50. The highest BCUT2D eigenvalue weighted by Crippen LogP contribution is 2.38. The third-order valence-corrected chi connectivity index (χ3v) is 10.4. The lowest BCUT2D eigenvalue weighted by Gasteiger charge is -2.29. The average Bonchev–Trinajstić information content (AvgIpc) is 3.91. The SMILES string of the molecule is COc1ccc(CN(CCN2CCOCC2)S(C)(=O)=O)cc1C(=O)OC(Cc1c(Cl)c[n+]([O-])cc1Cl)c1ccc(OC(F)F)c(OCC2CC2)c1. The third kappa shape index (κ3) is 11.0. The minimum absolute atomic E-state index is 0.00662. The monoisotopic (exact) mass is 773 g/mol. The first kappa shape index (κ1) is 38.8. The maximum atomic E-state index is 14.0. The molecular weight excluding hydrogens is 735 g/mol. The molecule has 5 rings (SSSR count). The summed E-state index contributed by atoms with van der Waals surface area (Å²) in [6.07, 6.45) is 3.98. The van der Waals surface area contributed by atoms with E-state index in [1.54, 1.807) is 12.1 Å². The van der Waals surface area contributed by atoms with E-state index in [4.69, 9.17) is 42.1 Å². The zero-order valence-electron chi connectivity index (χ0n) is 28.1. The first-order valence-electron chi connectivity index (χ1n) is 16.2. The molecule has 2 fully saturated rings. The molecule has 3 aromatic rings. The van der Waals surface area contributed by atoms with Crippen molar-refractivity contribution in [1.29, 1.82) is 0 Å². The number of hydrogen-bond donors (Lipinski definition) is 0. The Morgan fingerprint density at radius 1 is 1.08 bits per heavy atom. The standard InChI is InChI=1S/C34H39Cl2F2N3O9S/c1-46-29-7-5-23(18-41(51(2,44)45)10-9-39-11-13-47-14-12-39)15-26(29)33(42)49-31(17-25-27(35)19-40(43)20-28(25)36)24-6-8-30(50-34(37)38)32(16-24)48-21-22-3-4-22/h5-8,15-16,19-20,22,31,34H,3-4,9-14,17-18,21H2,1-2H3. The van der Waals surface area contributed by atoms with Crippen LogP contribution in [0.15, 0.2) is 48.8 Å². The van der Waals surface area contributed by atoms with E-state index in [0.29, 0.717) is 60.2 Å². The number of nitrogens with zero attached hydrogens (tertiary/aromatic N) is 3. The molecule has 1 unspecified atom stereocenters.